The van der Waals surface area contributed by atoms with Gasteiger partial charge in [0.05, 0.1) is 0 Å². The highest BCUT2D eigenvalue weighted by Crippen LogP contribution is 2.38. The van der Waals surface area contributed by atoms with E-state index in [-0.39, 0.29) is 0 Å². The molecule has 0 aromatic rings. The summed E-state index contributed by atoms with van der Waals surface area (Å²) >= 11 is 0. The van der Waals surface area contributed by atoms with Crippen molar-refractivity contribution in [3.05, 3.63) is 0 Å². The number of hydrogen-bond donors (Lipinski definition) is 1. The quantitative estimate of drug-likeness (QED) is 0.639. The molecule has 0 saturated heterocycles. The predicted molar refractivity (Wildman–Crippen MR) is 58.9 cm³/mol. The molecule has 1 unspecified atom stereocenters. The summed E-state index contributed by atoms with van der Waals surface area (Å²) in [5.41, 5.74) is 0. The van der Waals surface area contributed by atoms with Crippen LogP contribution in [0.2, 0.25) is 0 Å². The Morgan fingerprint density at radius 2 is 1.69 bits per heavy atom. The number of hydrogen-bond acceptors (Lipinski definition) is 1. The minimum absolute atomic E-state index is 0.819. The topological polar surface area (TPSA) is 12.0 Å². The molecule has 13 heavy (non-hydrogen) atoms. The van der Waals surface area contributed by atoms with Gasteiger partial charge in [-0.2, -0.15) is 0 Å². The molecule has 1 nitrogen and oxygen atoms in total. The fraction of sp³-hybridized carbons (Fsp3) is 1.00. The van der Waals surface area contributed by atoms with Crippen LogP contribution >= 0.6 is 0 Å². The van der Waals surface area contributed by atoms with Gasteiger partial charge in [0.2, 0.25) is 0 Å². The van der Waals surface area contributed by atoms with Crippen molar-refractivity contribution in [3.63, 3.8) is 0 Å². The van der Waals surface area contributed by atoms with E-state index in [1.165, 1.54) is 38.5 Å². The van der Waals surface area contributed by atoms with Crippen molar-refractivity contribution in [2.45, 2.75) is 58.4 Å². The van der Waals surface area contributed by atoms with Crippen molar-refractivity contribution >= 4 is 0 Å². The minimum atomic E-state index is 0.819. The maximum atomic E-state index is 3.53. The second-order valence-corrected chi connectivity index (χ2v) is 4.49. The van der Waals surface area contributed by atoms with Gasteiger partial charge in [0, 0.05) is 6.04 Å². The van der Waals surface area contributed by atoms with Gasteiger partial charge in [0.15, 0.2) is 0 Å². The average Bonchev–Trinajstić information content (AvgIpc) is 2.90. The lowest BCUT2D eigenvalue weighted by molar-refractivity contribution is 0.297. The molecule has 0 spiro atoms. The van der Waals surface area contributed by atoms with Crippen molar-refractivity contribution in [3.8, 4) is 0 Å². The highest BCUT2D eigenvalue weighted by Gasteiger charge is 2.34. The molecular formula is C12H25N. The third-order valence-corrected chi connectivity index (χ3v) is 3.29. The molecule has 0 bridgehead atoms. The van der Waals surface area contributed by atoms with E-state index < -0.39 is 0 Å². The Morgan fingerprint density at radius 3 is 2.00 bits per heavy atom. The smallest absolute Gasteiger partial charge is 0.0121 e. The van der Waals surface area contributed by atoms with Crippen LogP contribution in [0.25, 0.3) is 0 Å². The summed E-state index contributed by atoms with van der Waals surface area (Å²) in [6, 6.07) is 0.819. The second kappa shape index (κ2) is 5.64. The molecule has 0 radical (unpaired) electrons. The third kappa shape index (κ3) is 3.30. The van der Waals surface area contributed by atoms with Crippen molar-refractivity contribution < 1.29 is 0 Å². The molecule has 78 valence electrons. The van der Waals surface area contributed by atoms with Gasteiger partial charge in [-0.25, -0.2) is 0 Å². The lowest BCUT2D eigenvalue weighted by atomic mass is 9.88. The Hall–Kier alpha value is -0.0400. The van der Waals surface area contributed by atoms with Crippen molar-refractivity contribution in [1.29, 1.82) is 0 Å². The normalized spacial score (nSPS) is 19.4. The van der Waals surface area contributed by atoms with E-state index in [0.29, 0.717) is 0 Å². The van der Waals surface area contributed by atoms with Crippen molar-refractivity contribution in [2.75, 3.05) is 7.05 Å². The van der Waals surface area contributed by atoms with Gasteiger partial charge in [-0.1, -0.05) is 26.7 Å². The molecule has 1 heteroatoms. The monoisotopic (exact) mass is 183 g/mol. The van der Waals surface area contributed by atoms with Gasteiger partial charge in [-0.05, 0) is 44.6 Å². The Morgan fingerprint density at radius 1 is 1.15 bits per heavy atom. The van der Waals surface area contributed by atoms with Gasteiger partial charge in [0.1, 0.15) is 0 Å². The first-order chi connectivity index (χ1) is 6.33. The van der Waals surface area contributed by atoms with E-state index in [9.17, 15) is 0 Å². The van der Waals surface area contributed by atoms with Gasteiger partial charge in [0.25, 0.3) is 0 Å². The summed E-state index contributed by atoms with van der Waals surface area (Å²) in [4.78, 5) is 0. The summed E-state index contributed by atoms with van der Waals surface area (Å²) < 4.78 is 0. The molecule has 0 heterocycles. The van der Waals surface area contributed by atoms with Gasteiger partial charge >= 0.3 is 0 Å². The molecule has 0 aromatic heterocycles. The fourth-order valence-corrected chi connectivity index (χ4v) is 2.56. The van der Waals surface area contributed by atoms with Crippen molar-refractivity contribution in [2.24, 2.45) is 11.8 Å². The van der Waals surface area contributed by atoms with E-state index in [1.807, 2.05) is 0 Å². The second-order valence-electron chi connectivity index (χ2n) is 4.49. The van der Waals surface area contributed by atoms with Gasteiger partial charge in [-0.3, -0.25) is 0 Å². The van der Waals surface area contributed by atoms with E-state index in [2.05, 4.69) is 26.2 Å². The SMILES string of the molecule is CCCC(CCC)C(NC)C1CC1. The maximum Gasteiger partial charge on any atom is 0.0121 e. The number of nitrogens with one attached hydrogen (secondary N) is 1. The van der Waals surface area contributed by atoms with Crippen LogP contribution in [0.3, 0.4) is 0 Å². The Balaban J connectivity index is 2.38. The molecule has 1 N–H and O–H groups in total. The molecular weight excluding hydrogens is 158 g/mol. The van der Waals surface area contributed by atoms with Crippen LogP contribution in [0.1, 0.15) is 52.4 Å². The zero-order valence-electron chi connectivity index (χ0n) is 9.47. The first-order valence-electron chi connectivity index (χ1n) is 6.00. The Kier molecular flexibility index (Phi) is 4.79. The Bertz CT molecular complexity index is 123. The van der Waals surface area contributed by atoms with Crippen molar-refractivity contribution in [1.82, 2.24) is 5.32 Å². The molecule has 1 aliphatic rings. The average molecular weight is 183 g/mol. The van der Waals surface area contributed by atoms with E-state index in [0.717, 1.165) is 17.9 Å². The molecule has 0 aromatic carbocycles. The van der Waals surface area contributed by atoms with Crippen LogP contribution in [-0.4, -0.2) is 13.1 Å². The lowest BCUT2D eigenvalue weighted by Gasteiger charge is -2.26. The summed E-state index contributed by atoms with van der Waals surface area (Å²) in [6.45, 7) is 4.62. The molecule has 1 fully saturated rings. The third-order valence-electron chi connectivity index (χ3n) is 3.29. The van der Waals surface area contributed by atoms with Gasteiger partial charge < -0.3 is 5.32 Å². The van der Waals surface area contributed by atoms with Gasteiger partial charge in [-0.15, -0.1) is 0 Å². The zero-order valence-corrected chi connectivity index (χ0v) is 9.47. The summed E-state index contributed by atoms with van der Waals surface area (Å²) in [6.07, 6.45) is 8.45. The standard InChI is InChI=1S/C12H25N/c1-4-6-10(7-5-2)12(13-3)11-8-9-11/h10-13H,4-9H2,1-3H3. The summed E-state index contributed by atoms with van der Waals surface area (Å²) in [5.74, 6) is 1.94. The van der Waals surface area contributed by atoms with Crippen LogP contribution < -0.4 is 5.32 Å². The summed E-state index contributed by atoms with van der Waals surface area (Å²) in [5, 5.41) is 3.53. The van der Waals surface area contributed by atoms with E-state index >= 15 is 0 Å². The molecule has 1 saturated carbocycles. The largest absolute Gasteiger partial charge is 0.316 e. The van der Waals surface area contributed by atoms with Crippen LogP contribution in [0, 0.1) is 11.8 Å². The first-order valence-corrected chi connectivity index (χ1v) is 6.00. The molecule has 1 atom stereocenters. The van der Waals surface area contributed by atoms with E-state index in [1.54, 1.807) is 0 Å². The fourth-order valence-electron chi connectivity index (χ4n) is 2.56. The highest BCUT2D eigenvalue weighted by molar-refractivity contribution is 4.89. The molecule has 1 aliphatic carbocycles. The van der Waals surface area contributed by atoms with Crippen LogP contribution in [0.15, 0.2) is 0 Å². The van der Waals surface area contributed by atoms with Crippen LogP contribution in [0.4, 0.5) is 0 Å². The molecule has 0 amide bonds. The molecule has 1 rings (SSSR count). The zero-order chi connectivity index (χ0) is 9.68. The highest BCUT2D eigenvalue weighted by atomic mass is 14.9. The lowest BCUT2D eigenvalue weighted by Crippen LogP contribution is -2.35. The van der Waals surface area contributed by atoms with Crippen LogP contribution in [-0.2, 0) is 0 Å². The maximum absolute atomic E-state index is 3.53. The first kappa shape index (κ1) is 11.0. The summed E-state index contributed by atoms with van der Waals surface area (Å²) in [7, 11) is 2.14. The minimum Gasteiger partial charge on any atom is -0.316 e. The van der Waals surface area contributed by atoms with E-state index in [4.69, 9.17) is 0 Å². The Labute approximate surface area is 83.3 Å². The van der Waals surface area contributed by atoms with Crippen LogP contribution in [0.5, 0.6) is 0 Å². The molecule has 0 aliphatic heterocycles. The predicted octanol–water partition coefficient (Wildman–Crippen LogP) is 3.20. The number of rotatable bonds is 7.